The third-order valence-electron chi connectivity index (χ3n) is 5.78. The second-order valence-electron chi connectivity index (χ2n) is 7.91. The highest BCUT2D eigenvalue weighted by molar-refractivity contribution is 7.99. The molecule has 2 aromatic carbocycles. The van der Waals surface area contributed by atoms with E-state index in [-0.39, 0.29) is 23.5 Å². The van der Waals surface area contributed by atoms with Gasteiger partial charge in [-0.3, -0.25) is 9.36 Å². The molecule has 0 bridgehead atoms. The van der Waals surface area contributed by atoms with Crippen molar-refractivity contribution in [2.24, 2.45) is 0 Å². The zero-order chi connectivity index (χ0) is 22.6. The highest BCUT2D eigenvalue weighted by atomic mass is 32.2. The molecule has 5 rings (SSSR count). The summed E-state index contributed by atoms with van der Waals surface area (Å²) in [4.78, 5) is 16.3. The number of rotatable bonds is 7. The van der Waals surface area contributed by atoms with E-state index in [2.05, 4.69) is 21.6 Å². The van der Waals surface area contributed by atoms with Gasteiger partial charge in [0, 0.05) is 11.4 Å². The van der Waals surface area contributed by atoms with E-state index in [9.17, 15) is 9.18 Å². The van der Waals surface area contributed by atoms with Crippen LogP contribution in [0.1, 0.15) is 29.3 Å². The van der Waals surface area contributed by atoms with Crippen molar-refractivity contribution in [3.63, 3.8) is 0 Å². The van der Waals surface area contributed by atoms with E-state index < -0.39 is 0 Å². The summed E-state index contributed by atoms with van der Waals surface area (Å²) in [6, 6.07) is 20.8. The first-order valence-electron chi connectivity index (χ1n) is 10.9. The second kappa shape index (κ2) is 9.89. The smallest absolute Gasteiger partial charge is 0.233 e. The van der Waals surface area contributed by atoms with Crippen LogP contribution in [-0.4, -0.2) is 37.9 Å². The number of carbonyl (C=O) groups is 1. The van der Waals surface area contributed by atoms with Gasteiger partial charge in [-0.05, 0) is 42.0 Å². The molecular weight excluding hydrogens is 455 g/mol. The van der Waals surface area contributed by atoms with Crippen molar-refractivity contribution in [1.82, 2.24) is 19.7 Å². The summed E-state index contributed by atoms with van der Waals surface area (Å²) in [5.74, 6) is 0.483. The lowest BCUT2D eigenvalue weighted by atomic mass is 10.2. The molecule has 1 aliphatic heterocycles. The van der Waals surface area contributed by atoms with Crippen LogP contribution in [0.25, 0.3) is 11.4 Å². The van der Waals surface area contributed by atoms with Crippen LogP contribution >= 0.6 is 23.1 Å². The molecule has 0 aliphatic carbocycles. The molecule has 8 heteroatoms. The van der Waals surface area contributed by atoms with Gasteiger partial charge in [0.2, 0.25) is 5.91 Å². The van der Waals surface area contributed by atoms with Gasteiger partial charge in [-0.25, -0.2) is 4.39 Å². The minimum Gasteiger partial charge on any atom is -0.334 e. The summed E-state index contributed by atoms with van der Waals surface area (Å²) in [7, 11) is 0. The zero-order valence-electron chi connectivity index (χ0n) is 17.9. The maximum atomic E-state index is 14.6. The van der Waals surface area contributed by atoms with Crippen LogP contribution < -0.4 is 0 Å². The Kier molecular flexibility index (Phi) is 6.55. The number of thiophene rings is 1. The lowest BCUT2D eigenvalue weighted by Gasteiger charge is -2.23. The van der Waals surface area contributed by atoms with Gasteiger partial charge in [0.25, 0.3) is 0 Å². The van der Waals surface area contributed by atoms with Gasteiger partial charge >= 0.3 is 0 Å². The highest BCUT2D eigenvalue weighted by Crippen LogP contribution is 2.35. The molecule has 1 atom stereocenters. The molecule has 33 heavy (non-hydrogen) atoms. The van der Waals surface area contributed by atoms with E-state index >= 15 is 0 Å². The Morgan fingerprint density at radius 3 is 2.67 bits per heavy atom. The Hall–Kier alpha value is -2.97. The monoisotopic (exact) mass is 478 g/mol. The summed E-state index contributed by atoms with van der Waals surface area (Å²) in [5.41, 5.74) is 1.46. The number of benzene rings is 2. The lowest BCUT2D eigenvalue weighted by molar-refractivity contribution is -0.129. The third-order valence-corrected chi connectivity index (χ3v) is 7.71. The molecule has 1 unspecified atom stereocenters. The number of carbonyl (C=O) groups excluding carboxylic acids is 1. The van der Waals surface area contributed by atoms with Gasteiger partial charge in [0.1, 0.15) is 5.82 Å². The van der Waals surface area contributed by atoms with Crippen molar-refractivity contribution >= 4 is 29.0 Å². The zero-order valence-corrected chi connectivity index (χ0v) is 19.6. The Bertz CT molecular complexity index is 1230. The van der Waals surface area contributed by atoms with Crippen molar-refractivity contribution in [1.29, 1.82) is 0 Å². The predicted molar refractivity (Wildman–Crippen MR) is 130 cm³/mol. The molecule has 0 spiro atoms. The molecule has 5 nitrogen and oxygen atoms in total. The first-order chi connectivity index (χ1) is 16.2. The Balaban J connectivity index is 1.38. The molecule has 3 heterocycles. The van der Waals surface area contributed by atoms with E-state index in [1.54, 1.807) is 29.5 Å². The van der Waals surface area contributed by atoms with E-state index in [0.717, 1.165) is 24.9 Å². The van der Waals surface area contributed by atoms with Crippen LogP contribution in [0.5, 0.6) is 0 Å². The molecule has 0 saturated carbocycles. The van der Waals surface area contributed by atoms with Gasteiger partial charge in [-0.2, -0.15) is 0 Å². The fourth-order valence-corrected chi connectivity index (χ4v) is 5.89. The lowest BCUT2D eigenvalue weighted by Crippen LogP contribution is -2.31. The van der Waals surface area contributed by atoms with Crippen LogP contribution in [-0.2, 0) is 11.3 Å². The molecule has 1 amide bonds. The van der Waals surface area contributed by atoms with Crippen LogP contribution in [0.15, 0.2) is 77.3 Å². The topological polar surface area (TPSA) is 51.0 Å². The summed E-state index contributed by atoms with van der Waals surface area (Å²) in [6.45, 7) is 1.27. The molecule has 1 aliphatic rings. The van der Waals surface area contributed by atoms with E-state index in [1.807, 2.05) is 45.9 Å². The summed E-state index contributed by atoms with van der Waals surface area (Å²) in [6.07, 6.45) is 2.01. The Morgan fingerprint density at radius 2 is 1.88 bits per heavy atom. The third kappa shape index (κ3) is 4.72. The molecule has 0 N–H and O–H groups in total. The molecular formula is C25H23FN4OS2. The van der Waals surface area contributed by atoms with Crippen molar-refractivity contribution in [2.45, 2.75) is 30.6 Å². The number of thioether (sulfide) groups is 1. The van der Waals surface area contributed by atoms with E-state index in [4.69, 9.17) is 0 Å². The fraction of sp³-hybridized carbons (Fsp3) is 0.240. The van der Waals surface area contributed by atoms with Gasteiger partial charge in [-0.15, -0.1) is 21.5 Å². The number of likely N-dealkylation sites (tertiary alicyclic amines) is 1. The van der Waals surface area contributed by atoms with Crippen LogP contribution in [0, 0.1) is 5.82 Å². The molecule has 4 aromatic rings. The molecule has 1 saturated heterocycles. The number of hydrogen-bond donors (Lipinski definition) is 0. The number of halogens is 1. The predicted octanol–water partition coefficient (Wildman–Crippen LogP) is 5.65. The molecule has 0 radical (unpaired) electrons. The van der Waals surface area contributed by atoms with Gasteiger partial charge in [-0.1, -0.05) is 60.3 Å². The standard InChI is InChI=1S/C25H23FN4OS2/c26-20-11-5-4-10-19(20)24-27-28-25(30(24)16-18-8-2-1-3-9-18)33-17-23(31)29-14-6-12-21(29)22-13-7-15-32-22/h1-5,7-11,13,15,21H,6,12,14,16-17H2. The average molecular weight is 479 g/mol. The van der Waals surface area contributed by atoms with Gasteiger partial charge in [0.05, 0.1) is 23.9 Å². The Morgan fingerprint density at radius 1 is 1.06 bits per heavy atom. The molecule has 1 fully saturated rings. The first-order valence-corrected chi connectivity index (χ1v) is 12.7. The summed E-state index contributed by atoms with van der Waals surface area (Å²) >= 11 is 3.06. The van der Waals surface area contributed by atoms with E-state index in [0.29, 0.717) is 23.1 Å². The van der Waals surface area contributed by atoms with Crippen LogP contribution in [0.4, 0.5) is 4.39 Å². The van der Waals surface area contributed by atoms with Crippen molar-refractivity contribution < 1.29 is 9.18 Å². The van der Waals surface area contributed by atoms with Gasteiger partial charge < -0.3 is 4.90 Å². The number of aromatic nitrogens is 3. The largest absolute Gasteiger partial charge is 0.334 e. The van der Waals surface area contributed by atoms with Crippen molar-refractivity contribution in [3.05, 3.63) is 88.4 Å². The SMILES string of the molecule is O=C(CSc1nnc(-c2ccccc2F)n1Cc1ccccc1)N1CCCC1c1cccs1. The number of amides is 1. The first kappa shape index (κ1) is 21.9. The van der Waals surface area contributed by atoms with Crippen LogP contribution in [0.2, 0.25) is 0 Å². The summed E-state index contributed by atoms with van der Waals surface area (Å²) in [5, 5.41) is 11.3. The van der Waals surface area contributed by atoms with E-state index in [1.165, 1.54) is 22.7 Å². The number of hydrogen-bond acceptors (Lipinski definition) is 5. The Labute approximate surface area is 200 Å². The highest BCUT2D eigenvalue weighted by Gasteiger charge is 2.30. The van der Waals surface area contributed by atoms with Gasteiger partial charge in [0.15, 0.2) is 11.0 Å². The van der Waals surface area contributed by atoms with Crippen LogP contribution in [0.3, 0.4) is 0 Å². The maximum Gasteiger partial charge on any atom is 0.233 e. The quantitative estimate of drug-likeness (QED) is 0.322. The molecule has 168 valence electrons. The minimum atomic E-state index is -0.345. The normalized spacial score (nSPS) is 15.8. The van der Waals surface area contributed by atoms with Crippen molar-refractivity contribution in [3.8, 4) is 11.4 Å². The van der Waals surface area contributed by atoms with Crippen molar-refractivity contribution in [2.75, 3.05) is 12.3 Å². The second-order valence-corrected chi connectivity index (χ2v) is 9.83. The number of nitrogens with zero attached hydrogens (tertiary/aromatic N) is 4. The molecule has 2 aromatic heterocycles. The maximum absolute atomic E-state index is 14.6. The minimum absolute atomic E-state index is 0.0950. The average Bonchev–Trinajstić information content (AvgIpc) is 3.60. The summed E-state index contributed by atoms with van der Waals surface area (Å²) < 4.78 is 16.4. The fourth-order valence-electron chi connectivity index (χ4n) is 4.20.